The Morgan fingerprint density at radius 3 is 2.26 bits per heavy atom. The normalized spacial score (nSPS) is 12.5. The number of aromatic nitrogens is 1. The monoisotopic (exact) mass is 688 g/mol. The van der Waals surface area contributed by atoms with Crippen molar-refractivity contribution < 1.29 is 38.8 Å². The van der Waals surface area contributed by atoms with E-state index in [2.05, 4.69) is 5.32 Å². The minimum atomic E-state index is -1.10. The third-order valence-electron chi connectivity index (χ3n) is 7.30. The van der Waals surface area contributed by atoms with Crippen molar-refractivity contribution in [3.63, 3.8) is 0 Å². The molecule has 244 valence electrons. The van der Waals surface area contributed by atoms with Crippen LogP contribution < -0.4 is 19.5 Å². The van der Waals surface area contributed by atoms with Gasteiger partial charge in [-0.05, 0) is 55.4 Å². The molecule has 0 spiro atoms. The Hall–Kier alpha value is -3.87. The van der Waals surface area contributed by atoms with Crippen molar-refractivity contribution in [2.24, 2.45) is 0 Å². The number of rotatable bonds is 15. The Morgan fingerprint density at radius 2 is 1.65 bits per heavy atom. The summed E-state index contributed by atoms with van der Waals surface area (Å²) in [5.74, 6) is -1.09. The number of nitrogens with zero attached hydrogens (tertiary/aromatic N) is 2. The minimum Gasteiger partial charge on any atom is -0.493 e. The molecule has 13 heteroatoms. The van der Waals surface area contributed by atoms with Gasteiger partial charge in [-0.2, -0.15) is 0 Å². The van der Waals surface area contributed by atoms with E-state index in [0.717, 1.165) is 27.2 Å². The van der Waals surface area contributed by atoms with Gasteiger partial charge in [0, 0.05) is 34.2 Å². The van der Waals surface area contributed by atoms with E-state index in [4.69, 9.17) is 37.4 Å². The molecule has 2 aromatic carbocycles. The highest BCUT2D eigenvalue weighted by Crippen LogP contribution is 2.41. The van der Waals surface area contributed by atoms with Gasteiger partial charge in [0.25, 0.3) is 0 Å². The summed E-state index contributed by atoms with van der Waals surface area (Å²) in [4.78, 5) is 28.5. The van der Waals surface area contributed by atoms with Gasteiger partial charge >= 0.3 is 11.9 Å². The highest BCUT2D eigenvalue weighted by Gasteiger charge is 2.29. The van der Waals surface area contributed by atoms with Crippen LogP contribution in [0.1, 0.15) is 48.8 Å². The zero-order valence-corrected chi connectivity index (χ0v) is 28.2. The van der Waals surface area contributed by atoms with E-state index in [0.29, 0.717) is 34.0 Å². The topological polar surface area (TPSA) is 121 Å². The molecule has 46 heavy (non-hydrogen) atoms. The van der Waals surface area contributed by atoms with E-state index < -0.39 is 23.9 Å². The van der Waals surface area contributed by atoms with Crippen molar-refractivity contribution in [2.45, 2.75) is 24.9 Å². The molecule has 0 aliphatic rings. The number of carboxylic acid groups (broad SMARTS) is 1. The fraction of sp³-hybridized carbons (Fsp3) is 0.303. The number of carbonyl (C=O) groups is 2. The Balaban J connectivity index is 1.73. The SMILES string of the molecule is COc1ccc([C@H](Cc2c(Cl)c[n+](O)cc2Cl)c2cc(CNC(C(=O)OCCN(C)C)c3ccccc3)sc2C(=O)O)cc1OC. The van der Waals surface area contributed by atoms with Crippen molar-refractivity contribution in [3.05, 3.63) is 109 Å². The Kier molecular flexibility index (Phi) is 12.3. The van der Waals surface area contributed by atoms with Crippen LogP contribution in [0.3, 0.4) is 0 Å². The number of aromatic carboxylic acids is 1. The lowest BCUT2D eigenvalue weighted by atomic mass is 9.85. The van der Waals surface area contributed by atoms with Crippen molar-refractivity contribution in [1.29, 1.82) is 0 Å². The molecule has 0 bridgehead atoms. The van der Waals surface area contributed by atoms with E-state index in [1.807, 2.05) is 61.5 Å². The summed E-state index contributed by atoms with van der Waals surface area (Å²) in [6.07, 6.45) is 2.84. The number of halogens is 2. The van der Waals surface area contributed by atoms with Crippen LogP contribution in [0, 0.1) is 0 Å². The van der Waals surface area contributed by atoms with Crippen LogP contribution in [0.15, 0.2) is 67.0 Å². The van der Waals surface area contributed by atoms with Crippen molar-refractivity contribution in [1.82, 2.24) is 10.2 Å². The van der Waals surface area contributed by atoms with E-state index in [9.17, 15) is 19.9 Å². The first-order valence-electron chi connectivity index (χ1n) is 14.3. The summed E-state index contributed by atoms with van der Waals surface area (Å²) in [5.41, 5.74) is 2.52. The van der Waals surface area contributed by atoms with Gasteiger partial charge in [-0.3, -0.25) is 10.5 Å². The molecule has 0 amide bonds. The molecule has 0 aliphatic heterocycles. The largest absolute Gasteiger partial charge is 0.493 e. The molecule has 4 aromatic rings. The molecule has 10 nitrogen and oxygen atoms in total. The number of hydrogen-bond donors (Lipinski definition) is 3. The first-order chi connectivity index (χ1) is 22.0. The number of thiophene rings is 1. The third-order valence-corrected chi connectivity index (χ3v) is 9.09. The molecular formula is C33H36Cl2N3O7S+. The van der Waals surface area contributed by atoms with Gasteiger partial charge in [0.15, 0.2) is 11.5 Å². The fourth-order valence-electron chi connectivity index (χ4n) is 4.98. The van der Waals surface area contributed by atoms with Crippen molar-refractivity contribution >= 4 is 46.5 Å². The van der Waals surface area contributed by atoms with Gasteiger partial charge in [-0.15, -0.1) is 11.3 Å². The van der Waals surface area contributed by atoms with E-state index in [-0.39, 0.29) is 34.5 Å². The average molecular weight is 690 g/mol. The summed E-state index contributed by atoms with van der Waals surface area (Å²) in [7, 11) is 6.84. The van der Waals surface area contributed by atoms with Crippen LogP contribution in [0.25, 0.3) is 0 Å². The number of carboxylic acids is 1. The smallest absolute Gasteiger partial charge is 0.346 e. The first-order valence-corrected chi connectivity index (χ1v) is 15.9. The van der Waals surface area contributed by atoms with Gasteiger partial charge in [0.05, 0.1) is 14.2 Å². The Bertz CT molecular complexity index is 1640. The van der Waals surface area contributed by atoms with Crippen LogP contribution in [0.5, 0.6) is 11.5 Å². The maximum atomic E-state index is 13.2. The number of likely N-dealkylation sites (N-methyl/N-ethyl adjacent to an activating group) is 1. The summed E-state index contributed by atoms with van der Waals surface area (Å²) in [5, 5.41) is 24.0. The lowest BCUT2D eigenvalue weighted by Crippen LogP contribution is -2.31. The van der Waals surface area contributed by atoms with Gasteiger partial charge in [0.2, 0.25) is 12.4 Å². The van der Waals surface area contributed by atoms with E-state index in [1.165, 1.54) is 26.6 Å². The van der Waals surface area contributed by atoms with E-state index in [1.54, 1.807) is 12.1 Å². The Labute approximate surface area is 281 Å². The number of carbonyl (C=O) groups excluding carboxylic acids is 1. The van der Waals surface area contributed by atoms with E-state index >= 15 is 0 Å². The molecule has 0 saturated carbocycles. The lowest BCUT2D eigenvalue weighted by molar-refractivity contribution is -0.904. The van der Waals surface area contributed by atoms with Gasteiger partial charge in [-0.1, -0.05) is 59.6 Å². The van der Waals surface area contributed by atoms with Crippen LogP contribution in [0.2, 0.25) is 10.0 Å². The summed E-state index contributed by atoms with van der Waals surface area (Å²) in [6, 6.07) is 15.6. The number of hydrogen-bond acceptors (Lipinski definition) is 9. The quantitative estimate of drug-likeness (QED) is 0.0832. The average Bonchev–Trinajstić information content (AvgIpc) is 3.45. The number of esters is 1. The zero-order valence-electron chi connectivity index (χ0n) is 25.8. The second-order valence-corrected chi connectivity index (χ2v) is 12.6. The number of benzene rings is 2. The number of methoxy groups -OCH3 is 2. The van der Waals surface area contributed by atoms with Crippen LogP contribution in [-0.2, 0) is 22.5 Å². The molecule has 2 heterocycles. The first kappa shape index (κ1) is 35.0. The molecular weight excluding hydrogens is 653 g/mol. The van der Waals surface area contributed by atoms with Gasteiger partial charge in [0.1, 0.15) is 27.6 Å². The molecule has 2 atom stereocenters. The zero-order chi connectivity index (χ0) is 33.4. The van der Waals surface area contributed by atoms with Crippen LogP contribution in [0.4, 0.5) is 0 Å². The molecule has 0 saturated heterocycles. The van der Waals surface area contributed by atoms with Gasteiger partial charge in [-0.25, -0.2) is 9.59 Å². The maximum Gasteiger partial charge on any atom is 0.346 e. The van der Waals surface area contributed by atoms with Crippen molar-refractivity contribution in [3.8, 4) is 11.5 Å². The summed E-state index contributed by atoms with van der Waals surface area (Å²) in [6.45, 7) is 1.01. The molecule has 4 rings (SSSR count). The highest BCUT2D eigenvalue weighted by molar-refractivity contribution is 7.14. The molecule has 0 fully saturated rings. The second-order valence-electron chi connectivity index (χ2n) is 10.7. The Morgan fingerprint density at radius 1 is 0.978 bits per heavy atom. The molecule has 0 aliphatic carbocycles. The molecule has 0 radical (unpaired) electrons. The standard InChI is InChI=1S/C33H35Cl2N3O7S/c1-37(2)12-13-45-33(41)30(20-8-6-5-7-9-20)36-17-22-15-24(31(46-22)32(39)40)23(16-25-26(34)18-38(42)19-27(25)35)21-10-11-28(43-3)29(14-21)44-4/h5-11,14-15,18-19,23,30,36H,12-13,16-17H2,1-4H3,(H-,39,40,42)/p+1/t23-,30?/m0/s1. The maximum absolute atomic E-state index is 13.2. The summed E-state index contributed by atoms with van der Waals surface area (Å²) < 4.78 is 17.3. The summed E-state index contributed by atoms with van der Waals surface area (Å²) >= 11 is 14.1. The molecule has 1 unspecified atom stereocenters. The second kappa shape index (κ2) is 16.1. The third kappa shape index (κ3) is 8.68. The highest BCUT2D eigenvalue weighted by atomic mass is 35.5. The van der Waals surface area contributed by atoms with Crippen LogP contribution >= 0.6 is 34.5 Å². The fourth-order valence-corrected chi connectivity index (χ4v) is 6.60. The van der Waals surface area contributed by atoms with Gasteiger partial charge < -0.3 is 24.2 Å². The predicted molar refractivity (Wildman–Crippen MR) is 176 cm³/mol. The number of ether oxygens (including phenoxy) is 3. The lowest BCUT2D eigenvalue weighted by Gasteiger charge is -2.20. The molecule has 3 N–H and O–H groups in total. The van der Waals surface area contributed by atoms with Crippen LogP contribution in [-0.4, -0.2) is 68.6 Å². The van der Waals surface area contributed by atoms with Crippen molar-refractivity contribution in [2.75, 3.05) is 41.5 Å². The number of pyridine rings is 1. The minimum absolute atomic E-state index is 0.127. The predicted octanol–water partition coefficient (Wildman–Crippen LogP) is 5.61. The number of nitrogens with one attached hydrogen (secondary N) is 1. The molecule has 2 aromatic heterocycles.